The van der Waals surface area contributed by atoms with Crippen molar-refractivity contribution in [3.8, 4) is 5.75 Å². The smallest absolute Gasteiger partial charge is 0.127 e. The van der Waals surface area contributed by atoms with E-state index in [1.165, 1.54) is 22.3 Å². The lowest BCUT2D eigenvalue weighted by Crippen LogP contribution is -1.91. The molecule has 0 aliphatic rings. The third kappa shape index (κ3) is 3.31. The zero-order chi connectivity index (χ0) is 12.6. The van der Waals surface area contributed by atoms with Gasteiger partial charge in [-0.2, -0.15) is 0 Å². The molecule has 0 unspecified atom stereocenters. The van der Waals surface area contributed by atoms with Gasteiger partial charge in [0.15, 0.2) is 0 Å². The molecule has 92 valence electrons. The van der Waals surface area contributed by atoms with E-state index in [4.69, 9.17) is 4.74 Å². The van der Waals surface area contributed by atoms with Crippen molar-refractivity contribution >= 4 is 22.3 Å². The minimum atomic E-state index is 0.716. The van der Waals surface area contributed by atoms with Crippen LogP contribution in [0.5, 0.6) is 5.75 Å². The third-order valence-corrected chi connectivity index (χ3v) is 2.92. The van der Waals surface area contributed by atoms with E-state index in [0.29, 0.717) is 6.61 Å². The molecule has 0 radical (unpaired) electrons. The average molecular weight is 257 g/mol. The van der Waals surface area contributed by atoms with Gasteiger partial charge in [-0.3, -0.25) is 0 Å². The largest absolute Gasteiger partial charge is 0.493 e. The number of hydrogen-bond acceptors (Lipinski definition) is 3. The highest BCUT2D eigenvalue weighted by molar-refractivity contribution is 7.03. The van der Waals surface area contributed by atoms with Gasteiger partial charge in [0.05, 0.1) is 6.61 Å². The van der Waals surface area contributed by atoms with Gasteiger partial charge in [0.1, 0.15) is 5.75 Å². The molecule has 0 N–H and O–H groups in total. The van der Waals surface area contributed by atoms with Gasteiger partial charge in [0, 0.05) is 17.0 Å². The highest BCUT2D eigenvalue weighted by atomic mass is 32.1. The van der Waals surface area contributed by atoms with Crippen LogP contribution in [0.2, 0.25) is 0 Å². The van der Waals surface area contributed by atoms with Crippen LogP contribution in [0.4, 0.5) is 0 Å². The number of fused-ring (bicyclic) bond motifs is 1. The van der Waals surface area contributed by atoms with Crippen molar-refractivity contribution in [3.05, 3.63) is 60.1 Å². The molecule has 0 aliphatic heterocycles. The van der Waals surface area contributed by atoms with Crippen molar-refractivity contribution in [1.29, 1.82) is 0 Å². The fourth-order valence-electron chi connectivity index (χ4n) is 1.65. The quantitative estimate of drug-likeness (QED) is 0.679. The summed E-state index contributed by atoms with van der Waals surface area (Å²) in [5, 5.41) is 4.35. The molecule has 0 saturated carbocycles. The first kappa shape index (κ1) is 12.6. The first-order chi connectivity index (χ1) is 8.92. The van der Waals surface area contributed by atoms with E-state index in [0.717, 1.165) is 5.75 Å². The fraction of sp³-hybridized carbons (Fsp3) is 0.133. The van der Waals surface area contributed by atoms with Crippen molar-refractivity contribution in [2.75, 3.05) is 6.61 Å². The maximum atomic E-state index is 5.52. The van der Waals surface area contributed by atoms with Crippen LogP contribution >= 0.6 is 11.5 Å². The molecule has 0 atom stereocenters. The van der Waals surface area contributed by atoms with Crippen molar-refractivity contribution < 1.29 is 4.74 Å². The van der Waals surface area contributed by atoms with Crippen LogP contribution < -0.4 is 4.74 Å². The standard InChI is InChI=1S/C12H12O.C3H3NS/c1-2-13-12-9-5-7-10-6-3-4-8-11(10)12;1-2-4-5-3-1/h3-9H,2H2,1H3;1-3H. The first-order valence-corrected chi connectivity index (χ1v) is 6.70. The number of rotatable bonds is 2. The second-order valence-corrected chi connectivity index (χ2v) is 4.29. The van der Waals surface area contributed by atoms with Crippen molar-refractivity contribution in [2.45, 2.75) is 6.92 Å². The summed E-state index contributed by atoms with van der Waals surface area (Å²) < 4.78 is 9.28. The zero-order valence-electron chi connectivity index (χ0n) is 10.2. The van der Waals surface area contributed by atoms with Gasteiger partial charge < -0.3 is 4.74 Å². The maximum absolute atomic E-state index is 5.52. The summed E-state index contributed by atoms with van der Waals surface area (Å²) in [5.74, 6) is 0.973. The Labute approximate surface area is 111 Å². The molecular weight excluding hydrogens is 242 g/mol. The van der Waals surface area contributed by atoms with Crippen LogP contribution in [-0.4, -0.2) is 11.0 Å². The summed E-state index contributed by atoms with van der Waals surface area (Å²) in [6.07, 6.45) is 1.77. The molecule has 0 amide bonds. The van der Waals surface area contributed by atoms with Crippen LogP contribution in [0.25, 0.3) is 10.8 Å². The lowest BCUT2D eigenvalue weighted by atomic mass is 10.1. The monoisotopic (exact) mass is 257 g/mol. The molecule has 2 nitrogen and oxygen atoms in total. The van der Waals surface area contributed by atoms with Gasteiger partial charge in [-0.05, 0) is 36.0 Å². The lowest BCUT2D eigenvalue weighted by Gasteiger charge is -2.06. The predicted octanol–water partition coefficient (Wildman–Crippen LogP) is 4.38. The van der Waals surface area contributed by atoms with Crippen LogP contribution in [0, 0.1) is 0 Å². The van der Waals surface area contributed by atoms with Gasteiger partial charge in [-0.15, -0.1) is 0 Å². The second kappa shape index (κ2) is 6.77. The van der Waals surface area contributed by atoms with Crippen LogP contribution in [0.15, 0.2) is 60.1 Å². The number of nitrogens with zero attached hydrogens (tertiary/aromatic N) is 1. The minimum absolute atomic E-state index is 0.716. The van der Waals surface area contributed by atoms with Crippen LogP contribution in [0.3, 0.4) is 0 Å². The highest BCUT2D eigenvalue weighted by Crippen LogP contribution is 2.24. The Balaban J connectivity index is 0.000000202. The Morgan fingerprint density at radius 1 is 1.06 bits per heavy atom. The molecule has 3 rings (SSSR count). The third-order valence-electron chi connectivity index (χ3n) is 2.40. The van der Waals surface area contributed by atoms with Crippen molar-refractivity contribution in [2.24, 2.45) is 0 Å². The molecule has 3 aromatic rings. The maximum Gasteiger partial charge on any atom is 0.127 e. The van der Waals surface area contributed by atoms with Gasteiger partial charge >= 0.3 is 0 Å². The van der Waals surface area contributed by atoms with Crippen LogP contribution in [-0.2, 0) is 0 Å². The molecule has 0 aliphatic carbocycles. The van der Waals surface area contributed by atoms with Gasteiger partial charge in [0.2, 0.25) is 0 Å². The SMILES string of the molecule is CCOc1cccc2ccccc12.c1cnsc1. The number of benzene rings is 2. The summed E-state index contributed by atoms with van der Waals surface area (Å²) in [5.41, 5.74) is 0. The number of aromatic nitrogens is 1. The van der Waals surface area contributed by atoms with E-state index in [1.54, 1.807) is 6.20 Å². The molecule has 1 aromatic heterocycles. The van der Waals surface area contributed by atoms with Gasteiger partial charge in [0.25, 0.3) is 0 Å². The van der Waals surface area contributed by atoms with E-state index >= 15 is 0 Å². The molecule has 1 heterocycles. The Hall–Kier alpha value is -1.87. The number of hydrogen-bond donors (Lipinski definition) is 0. The first-order valence-electron chi connectivity index (χ1n) is 5.86. The molecule has 2 aromatic carbocycles. The minimum Gasteiger partial charge on any atom is -0.493 e. The Kier molecular flexibility index (Phi) is 4.73. The zero-order valence-corrected chi connectivity index (χ0v) is 11.1. The normalized spacial score (nSPS) is 9.61. The molecule has 0 fully saturated rings. The highest BCUT2D eigenvalue weighted by Gasteiger charge is 1.98. The summed E-state index contributed by atoms with van der Waals surface area (Å²) in [6.45, 7) is 2.72. The average Bonchev–Trinajstić information content (AvgIpc) is 2.99. The Morgan fingerprint density at radius 2 is 1.89 bits per heavy atom. The van der Waals surface area contributed by atoms with E-state index in [9.17, 15) is 0 Å². The summed E-state index contributed by atoms with van der Waals surface area (Å²) in [6, 6.07) is 16.3. The molecule has 0 bridgehead atoms. The summed E-state index contributed by atoms with van der Waals surface area (Å²) in [7, 11) is 0. The molecule has 3 heteroatoms. The fourth-order valence-corrected chi connectivity index (χ4v) is 2.00. The predicted molar refractivity (Wildman–Crippen MR) is 77.2 cm³/mol. The van der Waals surface area contributed by atoms with E-state index in [-0.39, 0.29) is 0 Å². The van der Waals surface area contributed by atoms with Crippen molar-refractivity contribution in [1.82, 2.24) is 4.37 Å². The Morgan fingerprint density at radius 3 is 2.56 bits per heavy atom. The molecule has 0 saturated heterocycles. The molecule has 18 heavy (non-hydrogen) atoms. The Bertz CT molecular complexity index is 555. The summed E-state index contributed by atoms with van der Waals surface area (Å²) >= 11 is 1.46. The van der Waals surface area contributed by atoms with Crippen LogP contribution in [0.1, 0.15) is 6.92 Å². The second-order valence-electron chi connectivity index (χ2n) is 3.60. The van der Waals surface area contributed by atoms with Crippen molar-refractivity contribution in [3.63, 3.8) is 0 Å². The number of ether oxygens (including phenoxy) is 1. The topological polar surface area (TPSA) is 22.1 Å². The van der Waals surface area contributed by atoms with E-state index in [2.05, 4.69) is 22.6 Å². The lowest BCUT2D eigenvalue weighted by molar-refractivity contribution is 0.344. The van der Waals surface area contributed by atoms with E-state index in [1.807, 2.05) is 42.6 Å². The summed E-state index contributed by atoms with van der Waals surface area (Å²) in [4.78, 5) is 0. The molecule has 0 spiro atoms. The van der Waals surface area contributed by atoms with Gasteiger partial charge in [-0.1, -0.05) is 36.4 Å². The van der Waals surface area contributed by atoms with E-state index < -0.39 is 0 Å². The van der Waals surface area contributed by atoms with Gasteiger partial charge in [-0.25, -0.2) is 4.37 Å². The molecular formula is C15H15NOS.